The van der Waals surface area contributed by atoms with E-state index in [-0.39, 0.29) is 36.9 Å². The Balaban J connectivity index is 1.65. The van der Waals surface area contributed by atoms with Gasteiger partial charge in [-0.1, -0.05) is 48.0 Å². The number of nitrogens with one attached hydrogen (secondary N) is 1. The number of nitrogens with zero attached hydrogens (tertiary/aromatic N) is 1. The van der Waals surface area contributed by atoms with E-state index in [1.54, 1.807) is 19.1 Å². The Morgan fingerprint density at radius 2 is 1.62 bits per heavy atom. The van der Waals surface area contributed by atoms with Crippen molar-refractivity contribution in [2.45, 2.75) is 44.6 Å². The van der Waals surface area contributed by atoms with Crippen molar-refractivity contribution < 1.29 is 29.0 Å². The molecular formula is C32H32N2O6. The largest absolute Gasteiger partial charge is 0.493 e. The molecule has 8 heteroatoms. The van der Waals surface area contributed by atoms with Crippen molar-refractivity contribution in [3.63, 3.8) is 0 Å². The number of Topliss-reactive ketones (excluding diaryl/α,β-unsaturated/α-hetero) is 1. The molecular weight excluding hydrogens is 508 g/mol. The number of fused-ring (bicyclic) bond motifs is 1. The summed E-state index contributed by atoms with van der Waals surface area (Å²) in [6, 6.07) is 20.2. The molecule has 0 spiro atoms. The summed E-state index contributed by atoms with van der Waals surface area (Å²) in [7, 11) is 3.17. The minimum absolute atomic E-state index is 0.0667. The number of methoxy groups -OCH3 is 2. The standard InChI is InChI=1S/C32H32N2O6/c1-19-8-10-20(11-9-19)32-31-24(16-22(17-26(31)35)21-12-13-27(39-2)28(18-21)40-3)33-23-6-4-5-7-25(23)34(32)29(36)14-15-30(37)38/h4-13,18,22,32-33H,14-17H2,1-3H3,(H,37,38)/t22-,32-/m1/s1. The number of benzene rings is 3. The second-order valence-corrected chi connectivity index (χ2v) is 10.1. The third kappa shape index (κ3) is 5.17. The van der Waals surface area contributed by atoms with E-state index in [9.17, 15) is 19.5 Å². The van der Waals surface area contributed by atoms with Crippen LogP contribution in [-0.2, 0) is 14.4 Å². The summed E-state index contributed by atoms with van der Waals surface area (Å²) >= 11 is 0. The lowest BCUT2D eigenvalue weighted by Gasteiger charge is -2.35. The number of carbonyl (C=O) groups excluding carboxylic acids is 2. The molecule has 0 radical (unpaired) electrons. The zero-order valence-corrected chi connectivity index (χ0v) is 22.8. The van der Waals surface area contributed by atoms with Crippen LogP contribution in [0.1, 0.15) is 54.3 Å². The van der Waals surface area contributed by atoms with Crippen molar-refractivity contribution in [2.24, 2.45) is 0 Å². The maximum absolute atomic E-state index is 14.1. The van der Waals surface area contributed by atoms with Crippen molar-refractivity contribution in [2.75, 3.05) is 24.4 Å². The number of aliphatic carboxylic acids is 1. The van der Waals surface area contributed by atoms with Crippen LogP contribution in [0.25, 0.3) is 0 Å². The Hall–Kier alpha value is -4.59. The third-order valence-electron chi connectivity index (χ3n) is 7.58. The van der Waals surface area contributed by atoms with Crippen molar-refractivity contribution in [1.29, 1.82) is 0 Å². The van der Waals surface area contributed by atoms with Crippen LogP contribution in [0.5, 0.6) is 11.5 Å². The van der Waals surface area contributed by atoms with Gasteiger partial charge >= 0.3 is 5.97 Å². The molecule has 0 unspecified atom stereocenters. The summed E-state index contributed by atoms with van der Waals surface area (Å²) in [5, 5.41) is 12.8. The summed E-state index contributed by atoms with van der Waals surface area (Å²) in [6.07, 6.45) is 0.320. The van der Waals surface area contributed by atoms with E-state index in [4.69, 9.17) is 9.47 Å². The van der Waals surface area contributed by atoms with Gasteiger partial charge in [0.1, 0.15) is 0 Å². The van der Waals surface area contributed by atoms with Gasteiger partial charge in [-0.25, -0.2) is 0 Å². The number of rotatable bonds is 7. The fourth-order valence-corrected chi connectivity index (χ4v) is 5.61. The van der Waals surface area contributed by atoms with E-state index < -0.39 is 12.0 Å². The number of para-hydroxylation sites is 2. The van der Waals surface area contributed by atoms with E-state index in [1.165, 1.54) is 0 Å². The molecule has 1 aliphatic carbocycles. The predicted molar refractivity (Wildman–Crippen MR) is 152 cm³/mol. The first kappa shape index (κ1) is 27.0. The van der Waals surface area contributed by atoms with Crippen LogP contribution in [-0.4, -0.2) is 37.0 Å². The van der Waals surface area contributed by atoms with E-state index in [0.29, 0.717) is 34.9 Å². The molecule has 2 N–H and O–H groups in total. The van der Waals surface area contributed by atoms with E-state index in [0.717, 1.165) is 22.4 Å². The number of amides is 1. The predicted octanol–water partition coefficient (Wildman–Crippen LogP) is 5.78. The minimum Gasteiger partial charge on any atom is -0.493 e. The van der Waals surface area contributed by atoms with Crippen LogP contribution >= 0.6 is 0 Å². The summed E-state index contributed by atoms with van der Waals surface area (Å²) in [6.45, 7) is 1.98. The molecule has 0 saturated carbocycles. The first-order valence-corrected chi connectivity index (χ1v) is 13.2. The summed E-state index contributed by atoms with van der Waals surface area (Å²) in [5.41, 5.74) is 5.37. The number of carbonyl (C=O) groups is 3. The number of ether oxygens (including phenoxy) is 2. The van der Waals surface area contributed by atoms with Crippen LogP contribution in [0.4, 0.5) is 11.4 Å². The topological polar surface area (TPSA) is 105 Å². The number of carboxylic acid groups (broad SMARTS) is 1. The van der Waals surface area contributed by atoms with Gasteiger partial charge in [-0.3, -0.25) is 19.3 Å². The smallest absolute Gasteiger partial charge is 0.303 e. The molecule has 5 rings (SSSR count). The van der Waals surface area contributed by atoms with E-state index >= 15 is 0 Å². The summed E-state index contributed by atoms with van der Waals surface area (Å²) in [4.78, 5) is 40.8. The van der Waals surface area contributed by atoms with Gasteiger partial charge in [0.05, 0.1) is 38.1 Å². The van der Waals surface area contributed by atoms with Gasteiger partial charge in [-0.05, 0) is 54.7 Å². The Morgan fingerprint density at radius 3 is 2.33 bits per heavy atom. The second-order valence-electron chi connectivity index (χ2n) is 10.1. The van der Waals surface area contributed by atoms with Gasteiger partial charge in [0.25, 0.3) is 0 Å². The molecule has 0 fully saturated rings. The number of anilines is 2. The lowest BCUT2D eigenvalue weighted by Crippen LogP contribution is -2.38. The number of aryl methyl sites for hydroxylation is 1. The van der Waals surface area contributed by atoms with E-state index in [1.807, 2.05) is 73.7 Å². The highest BCUT2D eigenvalue weighted by Gasteiger charge is 2.41. The molecule has 1 amide bonds. The van der Waals surface area contributed by atoms with Crippen molar-refractivity contribution in [3.05, 3.63) is 94.7 Å². The van der Waals surface area contributed by atoms with Crippen LogP contribution in [0, 0.1) is 6.92 Å². The number of carboxylic acids is 1. The molecule has 0 bridgehead atoms. The Labute approximate surface area is 233 Å². The normalized spacial score (nSPS) is 18.3. The highest BCUT2D eigenvalue weighted by molar-refractivity contribution is 6.06. The number of allylic oxidation sites excluding steroid dienone is 1. The van der Waals surface area contributed by atoms with Gasteiger partial charge in [0, 0.05) is 24.1 Å². The van der Waals surface area contributed by atoms with Crippen LogP contribution < -0.4 is 19.7 Å². The molecule has 8 nitrogen and oxygen atoms in total. The maximum Gasteiger partial charge on any atom is 0.303 e. The van der Waals surface area contributed by atoms with Gasteiger partial charge in [0.15, 0.2) is 17.3 Å². The van der Waals surface area contributed by atoms with Crippen LogP contribution in [0.2, 0.25) is 0 Å². The van der Waals surface area contributed by atoms with Crippen LogP contribution in [0.15, 0.2) is 78.0 Å². The summed E-state index contributed by atoms with van der Waals surface area (Å²) in [5.74, 6) is -0.371. The number of hydrogen-bond donors (Lipinski definition) is 2. The molecule has 1 aliphatic heterocycles. The van der Waals surface area contributed by atoms with Gasteiger partial charge < -0.3 is 19.9 Å². The number of hydrogen-bond acceptors (Lipinski definition) is 6. The highest BCUT2D eigenvalue weighted by atomic mass is 16.5. The van der Waals surface area contributed by atoms with Gasteiger partial charge in [-0.15, -0.1) is 0 Å². The van der Waals surface area contributed by atoms with Gasteiger partial charge in [-0.2, -0.15) is 0 Å². The monoisotopic (exact) mass is 540 g/mol. The van der Waals surface area contributed by atoms with Crippen molar-refractivity contribution in [1.82, 2.24) is 0 Å². The Bertz CT molecular complexity index is 1490. The zero-order chi connectivity index (χ0) is 28.4. The van der Waals surface area contributed by atoms with Crippen molar-refractivity contribution in [3.8, 4) is 11.5 Å². The maximum atomic E-state index is 14.1. The van der Waals surface area contributed by atoms with Gasteiger partial charge in [0.2, 0.25) is 5.91 Å². The summed E-state index contributed by atoms with van der Waals surface area (Å²) < 4.78 is 10.9. The lowest BCUT2D eigenvalue weighted by molar-refractivity contribution is -0.138. The average Bonchev–Trinajstić information content (AvgIpc) is 3.10. The quantitative estimate of drug-likeness (QED) is 0.392. The Kier molecular flexibility index (Phi) is 7.60. The first-order chi connectivity index (χ1) is 19.3. The molecule has 3 aromatic carbocycles. The third-order valence-corrected chi connectivity index (χ3v) is 7.58. The molecule has 0 saturated heterocycles. The molecule has 1 heterocycles. The Morgan fingerprint density at radius 1 is 0.925 bits per heavy atom. The van der Waals surface area contributed by atoms with Crippen molar-refractivity contribution >= 4 is 29.0 Å². The average molecular weight is 541 g/mol. The SMILES string of the molecule is COc1ccc([C@H]2CC(=O)C3=C(C2)Nc2ccccc2N(C(=O)CCC(=O)O)[C@@H]3c2ccc(C)cc2)cc1OC. The van der Waals surface area contributed by atoms with Crippen LogP contribution in [0.3, 0.4) is 0 Å². The minimum atomic E-state index is -1.05. The second kappa shape index (κ2) is 11.3. The molecule has 40 heavy (non-hydrogen) atoms. The number of ketones is 1. The molecule has 0 aromatic heterocycles. The fraction of sp³-hybridized carbons (Fsp3) is 0.281. The zero-order valence-electron chi connectivity index (χ0n) is 22.8. The molecule has 2 aliphatic rings. The highest BCUT2D eigenvalue weighted by Crippen LogP contribution is 2.48. The molecule has 206 valence electrons. The molecule has 2 atom stereocenters. The van der Waals surface area contributed by atoms with E-state index in [2.05, 4.69) is 5.32 Å². The molecule has 3 aromatic rings. The fourth-order valence-electron chi connectivity index (χ4n) is 5.61. The lowest BCUT2D eigenvalue weighted by atomic mass is 9.78. The first-order valence-electron chi connectivity index (χ1n) is 13.2.